The minimum absolute atomic E-state index is 0.230. The second-order valence-corrected chi connectivity index (χ2v) is 5.62. The fraction of sp³-hybridized carbons (Fsp3) is 0.375. The number of amides is 2. The Hall–Kier alpha value is -2.02. The van der Waals surface area contributed by atoms with Crippen molar-refractivity contribution in [2.45, 2.75) is 25.6 Å². The molecule has 0 bridgehead atoms. The Kier molecular flexibility index (Phi) is 7.28. The van der Waals surface area contributed by atoms with Gasteiger partial charge in [-0.2, -0.15) is 13.2 Å². The second kappa shape index (κ2) is 8.73. The number of hydrogen-bond acceptors (Lipinski definition) is 2. The molecule has 1 N–H and O–H groups in total. The molecule has 1 aromatic carbocycles. The Morgan fingerprint density at radius 1 is 1.33 bits per heavy atom. The van der Waals surface area contributed by atoms with E-state index >= 15 is 0 Å². The summed E-state index contributed by atoms with van der Waals surface area (Å²) < 4.78 is 37.8. The van der Waals surface area contributed by atoms with E-state index in [-0.39, 0.29) is 13.0 Å². The highest BCUT2D eigenvalue weighted by atomic mass is 35.5. The average Bonchev–Trinajstić information content (AvgIpc) is 2.45. The van der Waals surface area contributed by atoms with Gasteiger partial charge >= 0.3 is 6.18 Å². The summed E-state index contributed by atoms with van der Waals surface area (Å²) in [5, 5.41) is 3.04. The quantitative estimate of drug-likeness (QED) is 0.755. The lowest BCUT2D eigenvalue weighted by Crippen LogP contribution is -2.41. The van der Waals surface area contributed by atoms with Crippen molar-refractivity contribution in [2.75, 3.05) is 13.1 Å². The molecule has 0 saturated heterocycles. The van der Waals surface area contributed by atoms with Gasteiger partial charge in [-0.3, -0.25) is 9.59 Å². The largest absolute Gasteiger partial charge is 0.406 e. The molecule has 0 aliphatic carbocycles. The number of carbonyl (C=O) groups is 2. The molecular formula is C16H18ClF3N2O2. The lowest BCUT2D eigenvalue weighted by Gasteiger charge is -2.25. The molecule has 1 aromatic rings. The molecule has 132 valence electrons. The van der Waals surface area contributed by atoms with Crippen LogP contribution in [0.15, 0.2) is 36.9 Å². The van der Waals surface area contributed by atoms with Gasteiger partial charge in [-0.05, 0) is 17.7 Å². The van der Waals surface area contributed by atoms with E-state index in [1.54, 1.807) is 24.3 Å². The van der Waals surface area contributed by atoms with Crippen LogP contribution in [0.4, 0.5) is 13.2 Å². The number of hydrogen-bond donors (Lipinski definition) is 1. The SMILES string of the molecule is C=CCN(CC(F)(F)F)C(=O)CC(NC(C)=O)c1ccc(Cl)cc1. The zero-order valence-corrected chi connectivity index (χ0v) is 13.8. The molecular weight excluding hydrogens is 345 g/mol. The standard InChI is InChI=1S/C16H18ClF3N2O2/c1-3-8-22(10-16(18,19)20)15(24)9-14(21-11(2)23)12-4-6-13(17)7-5-12/h3-7,14H,1,8-10H2,2H3,(H,21,23). The number of nitrogens with one attached hydrogen (secondary N) is 1. The zero-order valence-electron chi connectivity index (χ0n) is 13.1. The molecule has 4 nitrogen and oxygen atoms in total. The summed E-state index contributed by atoms with van der Waals surface area (Å²) >= 11 is 5.79. The molecule has 0 aromatic heterocycles. The summed E-state index contributed by atoms with van der Waals surface area (Å²) in [7, 11) is 0. The molecule has 1 rings (SSSR count). The van der Waals surface area contributed by atoms with Crippen molar-refractivity contribution in [3.05, 3.63) is 47.5 Å². The van der Waals surface area contributed by atoms with Crippen LogP contribution in [-0.2, 0) is 9.59 Å². The van der Waals surface area contributed by atoms with E-state index < -0.39 is 30.6 Å². The highest BCUT2D eigenvalue weighted by Crippen LogP contribution is 2.22. The molecule has 0 spiro atoms. The van der Waals surface area contributed by atoms with Crippen LogP contribution >= 0.6 is 11.6 Å². The van der Waals surface area contributed by atoms with Gasteiger partial charge in [0.2, 0.25) is 11.8 Å². The van der Waals surface area contributed by atoms with Crippen LogP contribution in [0.3, 0.4) is 0 Å². The van der Waals surface area contributed by atoms with Gasteiger partial charge in [0.05, 0.1) is 12.5 Å². The molecule has 0 radical (unpaired) electrons. The van der Waals surface area contributed by atoms with Crippen molar-refractivity contribution >= 4 is 23.4 Å². The Morgan fingerprint density at radius 2 is 1.92 bits per heavy atom. The van der Waals surface area contributed by atoms with Gasteiger partial charge in [-0.15, -0.1) is 6.58 Å². The van der Waals surface area contributed by atoms with Crippen LogP contribution < -0.4 is 5.32 Å². The maximum atomic E-state index is 12.6. The van der Waals surface area contributed by atoms with E-state index in [9.17, 15) is 22.8 Å². The lowest BCUT2D eigenvalue weighted by molar-refractivity contribution is -0.160. The van der Waals surface area contributed by atoms with Crippen LogP contribution in [-0.4, -0.2) is 36.0 Å². The second-order valence-electron chi connectivity index (χ2n) is 5.19. The van der Waals surface area contributed by atoms with Gasteiger partial charge in [-0.25, -0.2) is 0 Å². The average molecular weight is 363 g/mol. The Morgan fingerprint density at radius 3 is 2.38 bits per heavy atom. The summed E-state index contributed by atoms with van der Waals surface area (Å²) in [6.07, 6.45) is -3.59. The van der Waals surface area contributed by atoms with Crippen molar-refractivity contribution in [1.29, 1.82) is 0 Å². The smallest absolute Gasteiger partial charge is 0.349 e. The number of benzene rings is 1. The molecule has 0 heterocycles. The van der Waals surface area contributed by atoms with Crippen LogP contribution in [0.1, 0.15) is 24.9 Å². The first kappa shape index (κ1) is 20.0. The molecule has 2 amide bonds. The predicted molar refractivity (Wildman–Crippen MR) is 85.5 cm³/mol. The molecule has 1 unspecified atom stereocenters. The molecule has 0 saturated carbocycles. The van der Waals surface area contributed by atoms with Gasteiger partial charge in [-0.1, -0.05) is 29.8 Å². The third kappa shape index (κ3) is 7.04. The zero-order chi connectivity index (χ0) is 18.3. The maximum absolute atomic E-state index is 12.6. The molecule has 0 aliphatic rings. The van der Waals surface area contributed by atoms with Crippen molar-refractivity contribution in [3.63, 3.8) is 0 Å². The van der Waals surface area contributed by atoms with Crippen molar-refractivity contribution in [3.8, 4) is 0 Å². The number of alkyl halides is 3. The highest BCUT2D eigenvalue weighted by molar-refractivity contribution is 6.30. The van der Waals surface area contributed by atoms with E-state index in [1.807, 2.05) is 0 Å². The lowest BCUT2D eigenvalue weighted by atomic mass is 10.0. The molecule has 1 atom stereocenters. The fourth-order valence-corrected chi connectivity index (χ4v) is 2.25. The molecule has 8 heteroatoms. The van der Waals surface area contributed by atoms with E-state index in [4.69, 9.17) is 11.6 Å². The first-order chi connectivity index (χ1) is 11.1. The number of rotatable bonds is 7. The van der Waals surface area contributed by atoms with E-state index in [1.165, 1.54) is 13.0 Å². The summed E-state index contributed by atoms with van der Waals surface area (Å²) in [6, 6.07) is 5.63. The number of halogens is 4. The highest BCUT2D eigenvalue weighted by Gasteiger charge is 2.33. The van der Waals surface area contributed by atoms with Gasteiger partial charge in [0.15, 0.2) is 0 Å². The van der Waals surface area contributed by atoms with E-state index in [0.29, 0.717) is 15.5 Å². The summed E-state index contributed by atoms with van der Waals surface area (Å²) in [5.41, 5.74) is 0.577. The Labute approximate surface area is 143 Å². The summed E-state index contributed by atoms with van der Waals surface area (Å²) in [6.45, 7) is 3.03. The van der Waals surface area contributed by atoms with Crippen molar-refractivity contribution in [2.24, 2.45) is 0 Å². The summed E-state index contributed by atoms with van der Waals surface area (Å²) in [4.78, 5) is 24.2. The van der Waals surface area contributed by atoms with Crippen molar-refractivity contribution in [1.82, 2.24) is 10.2 Å². The topological polar surface area (TPSA) is 49.4 Å². The van der Waals surface area contributed by atoms with Crippen LogP contribution in [0.25, 0.3) is 0 Å². The van der Waals surface area contributed by atoms with Gasteiger partial charge < -0.3 is 10.2 Å². The maximum Gasteiger partial charge on any atom is 0.406 e. The first-order valence-electron chi connectivity index (χ1n) is 7.10. The monoisotopic (exact) mass is 362 g/mol. The minimum atomic E-state index is -4.51. The van der Waals surface area contributed by atoms with Crippen LogP contribution in [0, 0.1) is 0 Å². The van der Waals surface area contributed by atoms with Gasteiger partial charge in [0, 0.05) is 18.5 Å². The predicted octanol–water partition coefficient (Wildman–Crippen LogP) is 3.48. The van der Waals surface area contributed by atoms with E-state index in [2.05, 4.69) is 11.9 Å². The Balaban J connectivity index is 2.94. The Bertz CT molecular complexity index is 588. The van der Waals surface area contributed by atoms with Gasteiger partial charge in [0.25, 0.3) is 0 Å². The fourth-order valence-electron chi connectivity index (χ4n) is 2.12. The van der Waals surface area contributed by atoms with E-state index in [0.717, 1.165) is 0 Å². The van der Waals surface area contributed by atoms with Crippen molar-refractivity contribution < 1.29 is 22.8 Å². The molecule has 24 heavy (non-hydrogen) atoms. The third-order valence-corrected chi connectivity index (χ3v) is 3.35. The van der Waals surface area contributed by atoms with Crippen LogP contribution in [0.2, 0.25) is 5.02 Å². The van der Waals surface area contributed by atoms with Gasteiger partial charge in [0.1, 0.15) is 6.54 Å². The first-order valence-corrected chi connectivity index (χ1v) is 7.48. The normalized spacial score (nSPS) is 12.4. The van der Waals surface area contributed by atoms with Crippen LogP contribution in [0.5, 0.6) is 0 Å². The summed E-state index contributed by atoms with van der Waals surface area (Å²) in [5.74, 6) is -1.13. The molecule has 0 fully saturated rings. The number of nitrogens with zero attached hydrogens (tertiary/aromatic N) is 1. The number of carbonyl (C=O) groups excluding carboxylic acids is 2. The molecule has 0 aliphatic heterocycles. The minimum Gasteiger partial charge on any atom is -0.349 e. The third-order valence-electron chi connectivity index (χ3n) is 3.10.